The van der Waals surface area contributed by atoms with Crippen molar-refractivity contribution in [2.24, 2.45) is 0 Å². The van der Waals surface area contributed by atoms with Crippen LogP contribution in [0.25, 0.3) is 11.3 Å². The molecule has 3 aromatic rings. The lowest BCUT2D eigenvalue weighted by Gasteiger charge is -2.15. The molecule has 0 spiro atoms. The zero-order chi connectivity index (χ0) is 24.6. The molecule has 0 aliphatic rings. The molecule has 3 rings (SSSR count). The lowest BCUT2D eigenvalue weighted by atomic mass is 10.1. The number of thiazole rings is 1. The van der Waals surface area contributed by atoms with Crippen molar-refractivity contribution in [1.82, 2.24) is 9.97 Å². The molecular formula is C24H24F4N4OS. The van der Waals surface area contributed by atoms with Crippen molar-refractivity contribution < 1.29 is 22.3 Å². The van der Waals surface area contributed by atoms with Crippen LogP contribution >= 0.6 is 11.3 Å². The molecule has 0 bridgehead atoms. The molecule has 1 N–H and O–H groups in total. The molecule has 2 heterocycles. The Hall–Kier alpha value is -3.19. The van der Waals surface area contributed by atoms with Gasteiger partial charge in [0, 0.05) is 23.6 Å². The number of unbranched alkanes of at least 4 members (excludes halogenated alkanes) is 5. The molecule has 0 atom stereocenters. The number of ether oxygens (including phenoxy) is 1. The Morgan fingerprint density at radius 1 is 1.09 bits per heavy atom. The van der Waals surface area contributed by atoms with Crippen molar-refractivity contribution >= 4 is 22.2 Å². The summed E-state index contributed by atoms with van der Waals surface area (Å²) in [5.74, 6) is -0.239. The molecule has 0 unspecified atom stereocenters. The number of alkyl halides is 3. The highest BCUT2D eigenvalue weighted by Crippen LogP contribution is 2.39. The Bertz CT molecular complexity index is 1140. The zero-order valence-electron chi connectivity index (χ0n) is 18.6. The smallest absolute Gasteiger partial charge is 0.420 e. The van der Waals surface area contributed by atoms with Crippen molar-refractivity contribution in [2.45, 2.75) is 51.6 Å². The van der Waals surface area contributed by atoms with Crippen molar-refractivity contribution in [3.05, 3.63) is 52.9 Å². The third-order valence-corrected chi connectivity index (χ3v) is 5.78. The summed E-state index contributed by atoms with van der Waals surface area (Å²) in [5.41, 5.74) is -0.303. The van der Waals surface area contributed by atoms with E-state index >= 15 is 0 Å². The van der Waals surface area contributed by atoms with Crippen LogP contribution in [-0.4, -0.2) is 16.6 Å². The largest absolute Gasteiger partial charge is 0.493 e. The number of hydrogen-bond donors (Lipinski definition) is 1. The fraction of sp³-hybridized carbons (Fsp3) is 0.375. The normalized spacial score (nSPS) is 11.3. The topological polar surface area (TPSA) is 70.8 Å². The summed E-state index contributed by atoms with van der Waals surface area (Å²) >= 11 is 0.648. The highest BCUT2D eigenvalue weighted by Gasteiger charge is 2.35. The van der Waals surface area contributed by atoms with Crippen molar-refractivity contribution in [3.8, 4) is 23.1 Å². The second-order valence-corrected chi connectivity index (χ2v) is 8.61. The summed E-state index contributed by atoms with van der Waals surface area (Å²) < 4.78 is 60.8. The number of rotatable bonds is 11. The van der Waals surface area contributed by atoms with Crippen molar-refractivity contribution in [2.75, 3.05) is 11.9 Å². The number of halogens is 4. The van der Waals surface area contributed by atoms with Crippen molar-refractivity contribution in [1.29, 1.82) is 5.26 Å². The van der Waals surface area contributed by atoms with Crippen LogP contribution in [0.4, 0.5) is 28.4 Å². The monoisotopic (exact) mass is 492 g/mol. The summed E-state index contributed by atoms with van der Waals surface area (Å²) in [6, 6.07) is 6.97. The van der Waals surface area contributed by atoms with Crippen LogP contribution in [-0.2, 0) is 6.18 Å². The van der Waals surface area contributed by atoms with E-state index in [2.05, 4.69) is 22.2 Å². The highest BCUT2D eigenvalue weighted by atomic mass is 32.1. The predicted molar refractivity (Wildman–Crippen MR) is 124 cm³/mol. The van der Waals surface area contributed by atoms with Gasteiger partial charge in [0.25, 0.3) is 0 Å². The first-order chi connectivity index (χ1) is 16.3. The maximum atomic E-state index is 14.4. The molecule has 0 aliphatic heterocycles. The van der Waals surface area contributed by atoms with Gasteiger partial charge >= 0.3 is 6.18 Å². The van der Waals surface area contributed by atoms with Gasteiger partial charge < -0.3 is 10.1 Å². The molecule has 2 aromatic heterocycles. The van der Waals surface area contributed by atoms with Crippen LogP contribution in [0.3, 0.4) is 0 Å². The van der Waals surface area contributed by atoms with Gasteiger partial charge in [-0.3, -0.25) is 4.98 Å². The number of nitrogens with zero attached hydrogens (tertiary/aromatic N) is 3. The van der Waals surface area contributed by atoms with E-state index in [0.29, 0.717) is 23.3 Å². The lowest BCUT2D eigenvalue weighted by molar-refractivity contribution is -0.138. The first kappa shape index (κ1) is 25.4. The summed E-state index contributed by atoms with van der Waals surface area (Å²) in [5, 5.41) is 11.1. The van der Waals surface area contributed by atoms with E-state index in [1.54, 1.807) is 0 Å². The fourth-order valence-corrected chi connectivity index (χ4v) is 4.04. The van der Waals surface area contributed by atoms with Gasteiger partial charge in [0.2, 0.25) is 5.13 Å². The molecule has 0 radical (unpaired) electrons. The van der Waals surface area contributed by atoms with Crippen LogP contribution < -0.4 is 10.1 Å². The van der Waals surface area contributed by atoms with E-state index < -0.39 is 16.9 Å². The molecule has 34 heavy (non-hydrogen) atoms. The van der Waals surface area contributed by atoms with E-state index in [1.807, 2.05) is 6.07 Å². The van der Waals surface area contributed by atoms with Gasteiger partial charge in [-0.05, 0) is 30.7 Å². The summed E-state index contributed by atoms with van der Waals surface area (Å²) in [7, 11) is 0. The Balaban J connectivity index is 1.71. The first-order valence-corrected chi connectivity index (χ1v) is 11.8. The van der Waals surface area contributed by atoms with E-state index in [9.17, 15) is 17.6 Å². The van der Waals surface area contributed by atoms with Gasteiger partial charge in [-0.15, -0.1) is 0 Å². The zero-order valence-corrected chi connectivity index (χ0v) is 19.4. The van der Waals surface area contributed by atoms with Gasteiger partial charge in [-0.1, -0.05) is 50.4 Å². The molecule has 0 saturated heterocycles. The number of nitriles is 1. The molecule has 0 aliphatic carbocycles. The number of aromatic nitrogens is 2. The van der Waals surface area contributed by atoms with Crippen LogP contribution in [0.1, 0.15) is 56.6 Å². The Kier molecular flexibility index (Phi) is 8.82. The van der Waals surface area contributed by atoms with E-state index in [1.165, 1.54) is 30.6 Å². The minimum absolute atomic E-state index is 0.0352. The second kappa shape index (κ2) is 11.8. The molecular weight excluding hydrogens is 468 g/mol. The number of hydrogen-bond acceptors (Lipinski definition) is 6. The predicted octanol–water partition coefficient (Wildman–Crippen LogP) is 7.72. The standard InChI is InChI=1S/C24H24F4N4OS/c1-2-3-4-5-6-7-10-33-20-9-8-18(12-19(20)24(26,27)28)31-23-32-21(22(25)34-23)17-11-16(13-29)14-30-15-17/h8-9,11-12,14-15H,2-7,10H2,1H3,(H,31,32). The van der Waals surface area contributed by atoms with Crippen LogP contribution in [0, 0.1) is 16.5 Å². The van der Waals surface area contributed by atoms with Gasteiger partial charge in [0.05, 0.1) is 17.7 Å². The quantitative estimate of drug-likeness (QED) is 0.219. The molecule has 0 fully saturated rings. The molecule has 0 amide bonds. The highest BCUT2D eigenvalue weighted by molar-refractivity contribution is 7.14. The lowest BCUT2D eigenvalue weighted by Crippen LogP contribution is -2.10. The summed E-state index contributed by atoms with van der Waals surface area (Å²) in [6.07, 6.45) is 4.11. The minimum Gasteiger partial charge on any atom is -0.493 e. The molecule has 0 saturated carbocycles. The van der Waals surface area contributed by atoms with Gasteiger partial charge in [0.1, 0.15) is 17.5 Å². The Labute approximate surface area is 199 Å². The number of benzene rings is 1. The number of nitrogens with one attached hydrogen (secondary N) is 1. The van der Waals surface area contributed by atoms with Crippen LogP contribution in [0.5, 0.6) is 5.75 Å². The average molecular weight is 493 g/mol. The average Bonchev–Trinajstić information content (AvgIpc) is 3.18. The van der Waals surface area contributed by atoms with Crippen molar-refractivity contribution in [3.63, 3.8) is 0 Å². The number of pyridine rings is 1. The molecule has 5 nitrogen and oxygen atoms in total. The molecule has 180 valence electrons. The van der Waals surface area contributed by atoms with Crippen LogP contribution in [0.15, 0.2) is 36.7 Å². The Morgan fingerprint density at radius 2 is 1.85 bits per heavy atom. The van der Waals surface area contributed by atoms with E-state index in [0.717, 1.165) is 38.2 Å². The molecule has 1 aromatic carbocycles. The maximum absolute atomic E-state index is 14.4. The Morgan fingerprint density at radius 3 is 2.59 bits per heavy atom. The fourth-order valence-electron chi connectivity index (χ4n) is 3.31. The molecule has 10 heteroatoms. The second-order valence-electron chi connectivity index (χ2n) is 7.67. The third-order valence-electron chi connectivity index (χ3n) is 5.02. The first-order valence-electron chi connectivity index (χ1n) is 10.9. The van der Waals surface area contributed by atoms with E-state index in [4.69, 9.17) is 10.00 Å². The minimum atomic E-state index is -4.61. The van der Waals surface area contributed by atoms with Crippen LogP contribution in [0.2, 0.25) is 0 Å². The van der Waals surface area contributed by atoms with Gasteiger partial charge in [0.15, 0.2) is 5.13 Å². The SMILES string of the molecule is CCCCCCCCOc1ccc(Nc2nc(-c3cncc(C#N)c3)c(F)s2)cc1C(F)(F)F. The number of anilines is 2. The van der Waals surface area contributed by atoms with Gasteiger partial charge in [-0.25, -0.2) is 4.98 Å². The van der Waals surface area contributed by atoms with E-state index in [-0.39, 0.29) is 34.4 Å². The van der Waals surface area contributed by atoms with Gasteiger partial charge in [-0.2, -0.15) is 22.8 Å². The summed E-state index contributed by atoms with van der Waals surface area (Å²) in [6.45, 7) is 2.33. The third kappa shape index (κ3) is 6.90. The summed E-state index contributed by atoms with van der Waals surface area (Å²) in [4.78, 5) is 8.01. The maximum Gasteiger partial charge on any atom is 0.420 e.